The molecular formula is C15H21N5O2S. The number of hydrogen-bond donors (Lipinski definition) is 1. The molecule has 1 fully saturated rings. The second-order valence-corrected chi connectivity index (χ2v) is 6.73. The lowest BCUT2D eigenvalue weighted by Gasteiger charge is -2.31. The Morgan fingerprint density at radius 3 is 3.17 bits per heavy atom. The molecule has 1 aliphatic rings. The number of aromatic nitrogens is 3. The number of anilines is 1. The molecule has 8 heteroatoms. The van der Waals surface area contributed by atoms with Gasteiger partial charge in [0.1, 0.15) is 0 Å². The number of rotatable bonds is 5. The van der Waals surface area contributed by atoms with E-state index >= 15 is 0 Å². The van der Waals surface area contributed by atoms with Crippen LogP contribution in [0.2, 0.25) is 0 Å². The van der Waals surface area contributed by atoms with Crippen LogP contribution in [-0.4, -0.2) is 40.1 Å². The van der Waals surface area contributed by atoms with Gasteiger partial charge in [0.2, 0.25) is 16.0 Å². The van der Waals surface area contributed by atoms with Crippen LogP contribution in [0.25, 0.3) is 4.96 Å². The molecule has 0 bridgehead atoms. The highest BCUT2D eigenvalue weighted by atomic mass is 32.1. The van der Waals surface area contributed by atoms with Crippen LogP contribution >= 0.6 is 11.3 Å². The van der Waals surface area contributed by atoms with Crippen molar-refractivity contribution >= 4 is 27.3 Å². The van der Waals surface area contributed by atoms with E-state index in [9.17, 15) is 9.59 Å². The van der Waals surface area contributed by atoms with Gasteiger partial charge in [-0.15, -0.1) is 5.10 Å². The zero-order chi connectivity index (χ0) is 16.2. The van der Waals surface area contributed by atoms with Crippen molar-refractivity contribution in [3.8, 4) is 0 Å². The predicted molar refractivity (Wildman–Crippen MR) is 90.0 cm³/mol. The molecule has 0 radical (unpaired) electrons. The Balaban J connectivity index is 1.71. The molecule has 7 nitrogen and oxygen atoms in total. The molecule has 0 aliphatic carbocycles. The fourth-order valence-corrected chi connectivity index (χ4v) is 3.67. The van der Waals surface area contributed by atoms with Crippen LogP contribution in [0, 0.1) is 5.92 Å². The van der Waals surface area contributed by atoms with Crippen molar-refractivity contribution in [2.75, 3.05) is 24.5 Å². The summed E-state index contributed by atoms with van der Waals surface area (Å²) in [6, 6.07) is 1.40. The first-order valence-electron chi connectivity index (χ1n) is 8.06. The van der Waals surface area contributed by atoms with Gasteiger partial charge in [0.05, 0.1) is 5.92 Å². The Morgan fingerprint density at radius 1 is 1.52 bits per heavy atom. The lowest BCUT2D eigenvalue weighted by molar-refractivity contribution is -0.125. The van der Waals surface area contributed by atoms with E-state index < -0.39 is 0 Å². The van der Waals surface area contributed by atoms with Crippen LogP contribution in [0.15, 0.2) is 17.1 Å². The third-order valence-corrected chi connectivity index (χ3v) is 5.04. The van der Waals surface area contributed by atoms with Gasteiger partial charge in [-0.2, -0.15) is 4.52 Å². The molecule has 2 aromatic rings. The summed E-state index contributed by atoms with van der Waals surface area (Å²) >= 11 is 1.39. The summed E-state index contributed by atoms with van der Waals surface area (Å²) < 4.78 is 1.32. The summed E-state index contributed by atoms with van der Waals surface area (Å²) in [5.41, 5.74) is -0.177. The first-order valence-corrected chi connectivity index (χ1v) is 8.88. The standard InChI is InChI=1S/C15H21N5O2S/c1-2-3-7-16-13(22)11-5-4-9-19(10-11)15-18-20-12(21)6-8-17-14(20)23-15/h6,8,11H,2-5,7,9-10H2,1H3,(H,16,22). The minimum absolute atomic E-state index is 0.0164. The quantitative estimate of drug-likeness (QED) is 0.833. The maximum atomic E-state index is 12.3. The Hall–Kier alpha value is -1.96. The summed E-state index contributed by atoms with van der Waals surface area (Å²) in [6.07, 6.45) is 5.43. The van der Waals surface area contributed by atoms with Crippen molar-refractivity contribution in [1.82, 2.24) is 19.9 Å². The molecule has 1 unspecified atom stereocenters. The molecule has 0 aromatic carbocycles. The van der Waals surface area contributed by atoms with E-state index in [-0.39, 0.29) is 17.4 Å². The third kappa shape index (κ3) is 3.52. The van der Waals surface area contributed by atoms with Crippen molar-refractivity contribution in [3.63, 3.8) is 0 Å². The van der Waals surface area contributed by atoms with E-state index in [1.807, 2.05) is 0 Å². The van der Waals surface area contributed by atoms with Gasteiger partial charge in [-0.25, -0.2) is 4.98 Å². The molecule has 1 aliphatic heterocycles. The average molecular weight is 335 g/mol. The number of nitrogens with one attached hydrogen (secondary N) is 1. The van der Waals surface area contributed by atoms with Crippen molar-refractivity contribution in [1.29, 1.82) is 0 Å². The second kappa shape index (κ2) is 7.08. The highest BCUT2D eigenvalue weighted by Crippen LogP contribution is 2.26. The van der Waals surface area contributed by atoms with Gasteiger partial charge >= 0.3 is 0 Å². The molecule has 23 heavy (non-hydrogen) atoms. The van der Waals surface area contributed by atoms with Crippen LogP contribution in [0.4, 0.5) is 5.13 Å². The number of hydrogen-bond acceptors (Lipinski definition) is 6. The highest BCUT2D eigenvalue weighted by molar-refractivity contribution is 7.20. The zero-order valence-electron chi connectivity index (χ0n) is 13.2. The van der Waals surface area contributed by atoms with Gasteiger partial charge < -0.3 is 10.2 Å². The van der Waals surface area contributed by atoms with E-state index in [4.69, 9.17) is 0 Å². The SMILES string of the molecule is CCCCNC(=O)C1CCCN(c2nn3c(=O)ccnc3s2)C1. The van der Waals surface area contributed by atoms with Gasteiger partial charge in [-0.1, -0.05) is 24.7 Å². The third-order valence-electron chi connectivity index (χ3n) is 4.05. The lowest BCUT2D eigenvalue weighted by Crippen LogP contribution is -2.43. The van der Waals surface area contributed by atoms with Crippen LogP contribution < -0.4 is 15.8 Å². The Bertz CT molecular complexity index is 741. The minimum atomic E-state index is -0.177. The number of piperidine rings is 1. The molecule has 2 aromatic heterocycles. The van der Waals surface area contributed by atoms with Crippen molar-refractivity contribution in [2.45, 2.75) is 32.6 Å². The smallest absolute Gasteiger partial charge is 0.275 e. The van der Waals surface area contributed by atoms with Crippen LogP contribution in [0.5, 0.6) is 0 Å². The minimum Gasteiger partial charge on any atom is -0.356 e. The van der Waals surface area contributed by atoms with E-state index in [2.05, 4.69) is 27.2 Å². The summed E-state index contributed by atoms with van der Waals surface area (Å²) in [5, 5.41) is 8.13. The van der Waals surface area contributed by atoms with Crippen LogP contribution in [0.1, 0.15) is 32.6 Å². The molecule has 1 amide bonds. The first kappa shape index (κ1) is 15.9. The van der Waals surface area contributed by atoms with Crippen LogP contribution in [-0.2, 0) is 4.79 Å². The first-order chi connectivity index (χ1) is 11.2. The Kier molecular flexibility index (Phi) is 4.90. The number of nitrogens with zero attached hydrogens (tertiary/aromatic N) is 4. The molecule has 0 saturated carbocycles. The normalized spacial score (nSPS) is 18.3. The second-order valence-electron chi connectivity index (χ2n) is 5.79. The number of amides is 1. The van der Waals surface area contributed by atoms with Gasteiger partial charge in [-0.3, -0.25) is 9.59 Å². The summed E-state index contributed by atoms with van der Waals surface area (Å²) in [5.74, 6) is 0.108. The van der Waals surface area contributed by atoms with Crippen molar-refractivity contribution in [3.05, 3.63) is 22.6 Å². The molecular weight excluding hydrogens is 314 g/mol. The molecule has 3 heterocycles. The van der Waals surface area contributed by atoms with Gasteiger partial charge in [0.25, 0.3) is 5.56 Å². The fourth-order valence-electron chi connectivity index (χ4n) is 2.76. The maximum absolute atomic E-state index is 12.3. The Labute approximate surface area is 138 Å². The van der Waals surface area contributed by atoms with E-state index in [1.165, 1.54) is 28.1 Å². The molecule has 124 valence electrons. The zero-order valence-corrected chi connectivity index (χ0v) is 14.0. The van der Waals surface area contributed by atoms with Gasteiger partial charge in [0, 0.05) is 31.9 Å². The molecule has 1 saturated heterocycles. The van der Waals surface area contributed by atoms with E-state index in [0.29, 0.717) is 11.5 Å². The van der Waals surface area contributed by atoms with E-state index in [1.54, 1.807) is 0 Å². The molecule has 0 spiro atoms. The van der Waals surface area contributed by atoms with E-state index in [0.717, 1.165) is 43.9 Å². The predicted octanol–water partition coefficient (Wildman–Crippen LogP) is 1.28. The fraction of sp³-hybridized carbons (Fsp3) is 0.600. The number of fused-ring (bicyclic) bond motifs is 1. The largest absolute Gasteiger partial charge is 0.356 e. The molecule has 3 rings (SSSR count). The Morgan fingerprint density at radius 2 is 2.39 bits per heavy atom. The number of carbonyl (C=O) groups excluding carboxylic acids is 1. The average Bonchev–Trinajstić information content (AvgIpc) is 3.01. The highest BCUT2D eigenvalue weighted by Gasteiger charge is 2.27. The van der Waals surface area contributed by atoms with Crippen molar-refractivity contribution < 1.29 is 4.79 Å². The number of unbranched alkanes of at least 4 members (excludes halogenated alkanes) is 1. The van der Waals surface area contributed by atoms with Crippen LogP contribution in [0.3, 0.4) is 0 Å². The maximum Gasteiger partial charge on any atom is 0.275 e. The summed E-state index contributed by atoms with van der Waals surface area (Å²) in [6.45, 7) is 4.35. The lowest BCUT2D eigenvalue weighted by atomic mass is 9.97. The number of carbonyl (C=O) groups is 1. The molecule has 1 atom stereocenters. The van der Waals surface area contributed by atoms with Gasteiger partial charge in [0.15, 0.2) is 0 Å². The molecule has 1 N–H and O–H groups in total. The van der Waals surface area contributed by atoms with Gasteiger partial charge in [-0.05, 0) is 19.3 Å². The summed E-state index contributed by atoms with van der Waals surface area (Å²) in [7, 11) is 0. The summed E-state index contributed by atoms with van der Waals surface area (Å²) in [4.78, 5) is 30.9. The van der Waals surface area contributed by atoms with Crippen molar-refractivity contribution in [2.24, 2.45) is 5.92 Å². The monoisotopic (exact) mass is 335 g/mol. The topological polar surface area (TPSA) is 79.6 Å².